The summed E-state index contributed by atoms with van der Waals surface area (Å²) in [6.45, 7) is 4.11. The SMILES string of the molecule is COC(=O)Cc1ccc(OC)c(-c2nc3c(n2C(C)C)C2c4ccc(Cl)cc4-c4c(Cl)cccc4N2C3=O)c1. The first-order chi connectivity index (χ1) is 18.7. The third-order valence-corrected chi connectivity index (χ3v) is 7.86. The molecule has 1 aromatic heterocycles. The maximum Gasteiger partial charge on any atom is 0.309 e. The summed E-state index contributed by atoms with van der Waals surface area (Å²) >= 11 is 13.1. The number of methoxy groups -OCH3 is 2. The molecule has 0 aliphatic carbocycles. The molecule has 3 aromatic carbocycles. The van der Waals surface area contributed by atoms with Gasteiger partial charge in [-0.1, -0.05) is 41.4 Å². The van der Waals surface area contributed by atoms with E-state index in [9.17, 15) is 9.59 Å². The molecule has 1 amide bonds. The summed E-state index contributed by atoms with van der Waals surface area (Å²) in [5.41, 5.74) is 5.92. The number of hydrogen-bond donors (Lipinski definition) is 0. The van der Waals surface area contributed by atoms with Gasteiger partial charge in [0.2, 0.25) is 0 Å². The average molecular weight is 562 g/mol. The first kappa shape index (κ1) is 25.5. The fraction of sp³-hybridized carbons (Fsp3) is 0.233. The van der Waals surface area contributed by atoms with Crippen molar-refractivity contribution in [2.24, 2.45) is 0 Å². The zero-order chi connectivity index (χ0) is 27.6. The van der Waals surface area contributed by atoms with Crippen molar-refractivity contribution in [2.75, 3.05) is 19.1 Å². The number of fused-ring (bicyclic) bond motifs is 8. The number of amides is 1. The number of nitrogens with zero attached hydrogens (tertiary/aromatic N) is 3. The Balaban J connectivity index is 1.61. The Morgan fingerprint density at radius 3 is 2.56 bits per heavy atom. The van der Waals surface area contributed by atoms with E-state index >= 15 is 0 Å². The number of imidazole rings is 1. The van der Waals surface area contributed by atoms with Gasteiger partial charge in [0.1, 0.15) is 17.6 Å². The Kier molecular flexibility index (Phi) is 6.16. The summed E-state index contributed by atoms with van der Waals surface area (Å²) in [5, 5.41) is 1.13. The van der Waals surface area contributed by atoms with E-state index in [2.05, 4.69) is 18.4 Å². The van der Waals surface area contributed by atoms with Crippen molar-refractivity contribution in [1.29, 1.82) is 0 Å². The molecule has 7 nitrogen and oxygen atoms in total. The van der Waals surface area contributed by atoms with Crippen molar-refractivity contribution in [2.45, 2.75) is 32.4 Å². The fourth-order valence-corrected chi connectivity index (χ4v) is 6.15. The second-order valence-corrected chi connectivity index (χ2v) is 10.7. The zero-order valence-corrected chi connectivity index (χ0v) is 23.3. The number of anilines is 1. The molecule has 0 saturated carbocycles. The molecule has 1 unspecified atom stereocenters. The Bertz CT molecular complexity index is 1680. The molecule has 4 aromatic rings. The minimum Gasteiger partial charge on any atom is -0.496 e. The van der Waals surface area contributed by atoms with Crippen LogP contribution < -0.4 is 9.64 Å². The Labute approximate surface area is 235 Å². The molecule has 0 N–H and O–H groups in total. The van der Waals surface area contributed by atoms with Gasteiger partial charge in [0.05, 0.1) is 42.6 Å². The van der Waals surface area contributed by atoms with Gasteiger partial charge in [-0.3, -0.25) is 14.5 Å². The standard InChI is InChI=1S/C30H25Cl2N3O4/c1-15(2)34-28-26(33-29(34)20-12-16(13-24(36)39-4)8-11-23(20)38-3)30(37)35-22-7-5-6-21(32)25(22)19-14-17(31)9-10-18(19)27(28)35/h5-12,14-15,27H,13H2,1-4H3. The molecule has 0 radical (unpaired) electrons. The van der Waals surface area contributed by atoms with Gasteiger partial charge in [-0.2, -0.15) is 0 Å². The van der Waals surface area contributed by atoms with Crippen molar-refractivity contribution in [1.82, 2.24) is 9.55 Å². The van der Waals surface area contributed by atoms with Crippen LogP contribution in [0, 0.1) is 0 Å². The van der Waals surface area contributed by atoms with Gasteiger partial charge in [-0.15, -0.1) is 0 Å². The lowest BCUT2D eigenvalue weighted by Crippen LogP contribution is -2.33. The molecule has 3 heterocycles. The van der Waals surface area contributed by atoms with Crippen LogP contribution >= 0.6 is 23.2 Å². The molecule has 0 spiro atoms. The van der Waals surface area contributed by atoms with Crippen LogP contribution in [-0.2, 0) is 16.0 Å². The van der Waals surface area contributed by atoms with E-state index in [1.165, 1.54) is 7.11 Å². The number of ether oxygens (including phenoxy) is 2. The predicted octanol–water partition coefficient (Wildman–Crippen LogP) is 6.89. The van der Waals surface area contributed by atoms with Crippen molar-refractivity contribution < 1.29 is 19.1 Å². The van der Waals surface area contributed by atoms with Crippen LogP contribution in [0.1, 0.15) is 53.2 Å². The van der Waals surface area contributed by atoms with Gasteiger partial charge in [-0.25, -0.2) is 4.98 Å². The van der Waals surface area contributed by atoms with Crippen molar-refractivity contribution in [3.63, 3.8) is 0 Å². The molecular formula is C30H25Cl2N3O4. The predicted molar refractivity (Wildman–Crippen MR) is 151 cm³/mol. The van der Waals surface area contributed by atoms with Crippen LogP contribution in [0.3, 0.4) is 0 Å². The Morgan fingerprint density at radius 2 is 1.85 bits per heavy atom. The lowest BCUT2D eigenvalue weighted by molar-refractivity contribution is -0.139. The monoisotopic (exact) mass is 561 g/mol. The average Bonchev–Trinajstić information content (AvgIpc) is 3.44. The molecule has 2 aliphatic heterocycles. The van der Waals surface area contributed by atoms with E-state index in [1.807, 2.05) is 54.6 Å². The largest absolute Gasteiger partial charge is 0.496 e. The van der Waals surface area contributed by atoms with E-state index in [4.69, 9.17) is 37.7 Å². The summed E-state index contributed by atoms with van der Waals surface area (Å²) < 4.78 is 12.6. The van der Waals surface area contributed by atoms with Gasteiger partial charge in [-0.05, 0) is 66.9 Å². The second-order valence-electron chi connectivity index (χ2n) is 9.86. The first-order valence-electron chi connectivity index (χ1n) is 12.5. The third kappa shape index (κ3) is 3.83. The van der Waals surface area contributed by atoms with E-state index in [0.717, 1.165) is 33.6 Å². The number of carbonyl (C=O) groups excluding carboxylic acids is 2. The van der Waals surface area contributed by atoms with Crippen LogP contribution in [0.15, 0.2) is 54.6 Å². The van der Waals surface area contributed by atoms with E-state index in [-0.39, 0.29) is 24.3 Å². The van der Waals surface area contributed by atoms with Crippen molar-refractivity contribution in [3.8, 4) is 28.3 Å². The number of carbonyl (C=O) groups is 2. The van der Waals surface area contributed by atoms with Crippen molar-refractivity contribution >= 4 is 40.8 Å². The highest BCUT2D eigenvalue weighted by atomic mass is 35.5. The van der Waals surface area contributed by atoms with Crippen LogP contribution in [-0.4, -0.2) is 35.6 Å². The maximum atomic E-state index is 14.1. The third-order valence-electron chi connectivity index (χ3n) is 7.31. The topological polar surface area (TPSA) is 73.7 Å². The van der Waals surface area contributed by atoms with E-state index < -0.39 is 6.04 Å². The Morgan fingerprint density at radius 1 is 1.05 bits per heavy atom. The van der Waals surface area contributed by atoms with Gasteiger partial charge >= 0.3 is 5.97 Å². The van der Waals surface area contributed by atoms with Crippen LogP contribution in [0.2, 0.25) is 10.0 Å². The van der Waals surface area contributed by atoms with E-state index in [1.54, 1.807) is 12.0 Å². The molecule has 1 atom stereocenters. The fourth-order valence-electron chi connectivity index (χ4n) is 5.71. The van der Waals surface area contributed by atoms with Gasteiger partial charge in [0.25, 0.3) is 5.91 Å². The molecule has 0 saturated heterocycles. The highest BCUT2D eigenvalue weighted by molar-refractivity contribution is 6.35. The first-order valence-corrected chi connectivity index (χ1v) is 13.3. The molecule has 198 valence electrons. The smallest absolute Gasteiger partial charge is 0.309 e. The summed E-state index contributed by atoms with van der Waals surface area (Å²) in [5.74, 6) is 0.635. The molecule has 6 rings (SSSR count). The van der Waals surface area contributed by atoms with E-state index in [0.29, 0.717) is 32.9 Å². The summed E-state index contributed by atoms with van der Waals surface area (Å²) in [7, 11) is 2.95. The number of halogens is 2. The number of aromatic nitrogens is 2. The molecule has 2 aliphatic rings. The molecule has 0 bridgehead atoms. The number of esters is 1. The lowest BCUT2D eigenvalue weighted by atomic mass is 9.88. The normalized spacial score (nSPS) is 15.1. The molecule has 9 heteroatoms. The number of rotatable bonds is 5. The van der Waals surface area contributed by atoms with Crippen LogP contribution in [0.5, 0.6) is 5.75 Å². The van der Waals surface area contributed by atoms with Crippen molar-refractivity contribution in [3.05, 3.63) is 87.2 Å². The van der Waals surface area contributed by atoms with Crippen LogP contribution in [0.4, 0.5) is 5.69 Å². The highest BCUT2D eigenvalue weighted by Crippen LogP contribution is 2.55. The quantitative estimate of drug-likeness (QED) is 0.248. The van der Waals surface area contributed by atoms with Crippen LogP contribution in [0.25, 0.3) is 22.5 Å². The van der Waals surface area contributed by atoms with Gasteiger partial charge in [0.15, 0.2) is 5.69 Å². The summed E-state index contributed by atoms with van der Waals surface area (Å²) in [4.78, 5) is 32.8. The highest BCUT2D eigenvalue weighted by Gasteiger charge is 2.48. The summed E-state index contributed by atoms with van der Waals surface area (Å²) in [6, 6.07) is 16.3. The summed E-state index contributed by atoms with van der Waals surface area (Å²) in [6.07, 6.45) is 0.108. The molecule has 0 fully saturated rings. The molecular weight excluding hydrogens is 537 g/mol. The number of hydrogen-bond acceptors (Lipinski definition) is 5. The Hall–Kier alpha value is -3.81. The maximum absolute atomic E-state index is 14.1. The molecule has 39 heavy (non-hydrogen) atoms. The van der Waals surface area contributed by atoms with Gasteiger partial charge in [0, 0.05) is 16.6 Å². The second kappa shape index (κ2) is 9.43. The minimum absolute atomic E-state index is 0.0468. The lowest BCUT2D eigenvalue weighted by Gasteiger charge is -2.35. The minimum atomic E-state index is -0.418. The zero-order valence-electron chi connectivity index (χ0n) is 21.8. The van der Waals surface area contributed by atoms with Gasteiger partial charge < -0.3 is 14.0 Å². The number of benzene rings is 3.